The molecule has 3 aromatic rings. The van der Waals surface area contributed by atoms with Gasteiger partial charge in [-0.3, -0.25) is 9.59 Å². The number of carbonyl (C=O) groups excluding carboxylic acids is 2. The average Bonchev–Trinajstić information content (AvgIpc) is 3.06. The van der Waals surface area contributed by atoms with Crippen LogP contribution in [0.15, 0.2) is 72.3 Å². The maximum atomic E-state index is 13.2. The van der Waals surface area contributed by atoms with Crippen LogP contribution in [0.4, 0.5) is 0 Å². The van der Waals surface area contributed by atoms with E-state index in [0.29, 0.717) is 18.7 Å². The van der Waals surface area contributed by atoms with Crippen molar-refractivity contribution in [1.82, 2.24) is 9.80 Å². The molecule has 1 heterocycles. The van der Waals surface area contributed by atoms with Gasteiger partial charge in [-0.2, -0.15) is 0 Å². The molecule has 4 rings (SSSR count). The number of carbonyl (C=O) groups is 2. The second kappa shape index (κ2) is 9.07. The monoisotopic (exact) mass is 456 g/mol. The molecule has 1 aliphatic rings. The van der Waals surface area contributed by atoms with Crippen molar-refractivity contribution in [2.24, 2.45) is 0 Å². The first-order valence-electron chi connectivity index (χ1n) is 11.6. The molecule has 1 unspecified atom stereocenters. The van der Waals surface area contributed by atoms with E-state index in [1.54, 1.807) is 11.0 Å². The largest absolute Gasteiger partial charge is 0.507 e. The summed E-state index contributed by atoms with van der Waals surface area (Å²) >= 11 is 0. The minimum atomic E-state index is -0.644. The third-order valence-corrected chi connectivity index (χ3v) is 6.44. The number of ketones is 1. The van der Waals surface area contributed by atoms with Crippen molar-refractivity contribution in [3.05, 3.63) is 89.0 Å². The number of amides is 1. The summed E-state index contributed by atoms with van der Waals surface area (Å²) in [6.45, 7) is 7.43. The molecule has 1 aliphatic heterocycles. The van der Waals surface area contributed by atoms with Crippen LogP contribution in [0, 0.1) is 0 Å². The second-order valence-corrected chi connectivity index (χ2v) is 10.2. The van der Waals surface area contributed by atoms with Gasteiger partial charge in [-0.05, 0) is 47.5 Å². The standard InChI is InChI=1S/C29H32N2O3/c1-29(2,3)23-14-12-20(13-15-23)25-24(27(33)28(34)31(25)17-16-30(4)5)26(32)22-11-10-19-8-6-7-9-21(19)18-22/h6-15,18,25,32H,16-17H2,1-5H3/b26-24-. The van der Waals surface area contributed by atoms with Crippen molar-refractivity contribution >= 4 is 28.2 Å². The molecule has 0 saturated carbocycles. The Balaban J connectivity index is 1.85. The molecule has 34 heavy (non-hydrogen) atoms. The minimum absolute atomic E-state index is 0.0175. The summed E-state index contributed by atoms with van der Waals surface area (Å²) in [6, 6.07) is 20.8. The van der Waals surface area contributed by atoms with Gasteiger partial charge in [-0.15, -0.1) is 0 Å². The quantitative estimate of drug-likeness (QED) is 0.329. The van der Waals surface area contributed by atoms with E-state index in [9.17, 15) is 14.7 Å². The second-order valence-electron chi connectivity index (χ2n) is 10.2. The molecule has 0 spiro atoms. The van der Waals surface area contributed by atoms with E-state index in [1.807, 2.05) is 79.7 Å². The van der Waals surface area contributed by atoms with Crippen molar-refractivity contribution in [3.63, 3.8) is 0 Å². The van der Waals surface area contributed by atoms with Gasteiger partial charge in [0.2, 0.25) is 0 Å². The van der Waals surface area contributed by atoms with Crippen LogP contribution in [0.1, 0.15) is 43.5 Å². The lowest BCUT2D eigenvalue weighted by atomic mass is 9.85. The van der Waals surface area contributed by atoms with Gasteiger partial charge >= 0.3 is 0 Å². The van der Waals surface area contributed by atoms with Crippen LogP contribution in [-0.2, 0) is 15.0 Å². The molecule has 1 atom stereocenters. The molecule has 1 fully saturated rings. The predicted octanol–water partition coefficient (Wildman–Crippen LogP) is 5.12. The van der Waals surface area contributed by atoms with Gasteiger partial charge in [-0.1, -0.05) is 81.4 Å². The summed E-state index contributed by atoms with van der Waals surface area (Å²) in [5.74, 6) is -1.36. The van der Waals surface area contributed by atoms with Gasteiger partial charge in [0, 0.05) is 18.7 Å². The number of nitrogens with zero attached hydrogens (tertiary/aromatic N) is 2. The number of Topliss-reactive ketones (excluding diaryl/α,β-unsaturated/α-hetero) is 1. The van der Waals surface area contributed by atoms with Gasteiger partial charge < -0.3 is 14.9 Å². The molecule has 5 heteroatoms. The first-order chi connectivity index (χ1) is 16.1. The lowest BCUT2D eigenvalue weighted by Crippen LogP contribution is -2.35. The fraction of sp³-hybridized carbons (Fsp3) is 0.310. The lowest BCUT2D eigenvalue weighted by Gasteiger charge is -2.27. The molecule has 1 amide bonds. The molecule has 176 valence electrons. The number of benzene rings is 3. The first-order valence-corrected chi connectivity index (χ1v) is 11.6. The molecular formula is C29H32N2O3. The normalized spacial score (nSPS) is 18.3. The molecule has 0 radical (unpaired) electrons. The van der Waals surface area contributed by atoms with E-state index >= 15 is 0 Å². The van der Waals surface area contributed by atoms with E-state index < -0.39 is 17.7 Å². The van der Waals surface area contributed by atoms with Crippen LogP contribution in [0.5, 0.6) is 0 Å². The Morgan fingerprint density at radius 1 is 0.941 bits per heavy atom. The van der Waals surface area contributed by atoms with Crippen molar-refractivity contribution in [2.75, 3.05) is 27.2 Å². The van der Waals surface area contributed by atoms with Crippen LogP contribution in [0.2, 0.25) is 0 Å². The maximum absolute atomic E-state index is 13.2. The smallest absolute Gasteiger partial charge is 0.295 e. The van der Waals surface area contributed by atoms with Gasteiger partial charge in [0.05, 0.1) is 11.6 Å². The number of aliphatic hydroxyl groups is 1. The predicted molar refractivity (Wildman–Crippen MR) is 137 cm³/mol. The summed E-state index contributed by atoms with van der Waals surface area (Å²) < 4.78 is 0. The van der Waals surface area contributed by atoms with Crippen molar-refractivity contribution < 1.29 is 14.7 Å². The summed E-state index contributed by atoms with van der Waals surface area (Å²) in [7, 11) is 3.86. The Labute approximate surface area is 201 Å². The Kier molecular flexibility index (Phi) is 6.32. The summed E-state index contributed by atoms with van der Waals surface area (Å²) in [6.07, 6.45) is 0. The highest BCUT2D eigenvalue weighted by Gasteiger charge is 2.45. The van der Waals surface area contributed by atoms with Crippen LogP contribution >= 0.6 is 0 Å². The fourth-order valence-electron chi connectivity index (χ4n) is 4.42. The van der Waals surface area contributed by atoms with E-state index in [4.69, 9.17) is 0 Å². The number of likely N-dealkylation sites (tertiary alicyclic amines) is 1. The minimum Gasteiger partial charge on any atom is -0.507 e. The van der Waals surface area contributed by atoms with Crippen molar-refractivity contribution in [3.8, 4) is 0 Å². The van der Waals surface area contributed by atoms with Crippen molar-refractivity contribution in [1.29, 1.82) is 0 Å². The van der Waals surface area contributed by atoms with Crippen LogP contribution in [-0.4, -0.2) is 53.8 Å². The van der Waals surface area contributed by atoms with E-state index in [0.717, 1.165) is 21.9 Å². The highest BCUT2D eigenvalue weighted by molar-refractivity contribution is 6.46. The Hall–Kier alpha value is -3.44. The molecule has 3 aromatic carbocycles. The topological polar surface area (TPSA) is 60.9 Å². The van der Waals surface area contributed by atoms with E-state index in [1.165, 1.54) is 0 Å². The lowest BCUT2D eigenvalue weighted by molar-refractivity contribution is -0.140. The zero-order chi connectivity index (χ0) is 24.6. The number of aliphatic hydroxyl groups excluding tert-OH is 1. The Bertz CT molecular complexity index is 1270. The maximum Gasteiger partial charge on any atom is 0.295 e. The highest BCUT2D eigenvalue weighted by Crippen LogP contribution is 2.40. The van der Waals surface area contributed by atoms with E-state index in [-0.39, 0.29) is 16.7 Å². The first kappa shape index (κ1) is 23.7. The molecule has 0 bridgehead atoms. The third kappa shape index (κ3) is 4.48. The number of rotatable bonds is 5. The highest BCUT2D eigenvalue weighted by atomic mass is 16.3. The summed E-state index contributed by atoms with van der Waals surface area (Å²) in [4.78, 5) is 29.9. The van der Waals surface area contributed by atoms with Crippen LogP contribution in [0.3, 0.4) is 0 Å². The van der Waals surface area contributed by atoms with Crippen molar-refractivity contribution in [2.45, 2.75) is 32.2 Å². The number of fused-ring (bicyclic) bond motifs is 1. The Morgan fingerprint density at radius 2 is 1.59 bits per heavy atom. The third-order valence-electron chi connectivity index (χ3n) is 6.44. The van der Waals surface area contributed by atoms with E-state index in [2.05, 4.69) is 20.8 Å². The average molecular weight is 457 g/mol. The SMILES string of the molecule is CN(C)CCN1C(=O)C(=O)/C(=C(\O)c2ccc3ccccc3c2)C1c1ccc(C(C)(C)C)cc1. The molecule has 0 aromatic heterocycles. The Morgan fingerprint density at radius 3 is 2.21 bits per heavy atom. The zero-order valence-electron chi connectivity index (χ0n) is 20.5. The fourth-order valence-corrected chi connectivity index (χ4v) is 4.42. The number of hydrogen-bond acceptors (Lipinski definition) is 4. The number of hydrogen-bond donors (Lipinski definition) is 1. The molecule has 5 nitrogen and oxygen atoms in total. The van der Waals surface area contributed by atoms with Gasteiger partial charge in [0.15, 0.2) is 0 Å². The van der Waals surface area contributed by atoms with Gasteiger partial charge in [0.25, 0.3) is 11.7 Å². The summed E-state index contributed by atoms with van der Waals surface area (Å²) in [5.41, 5.74) is 2.63. The van der Waals surface area contributed by atoms with Gasteiger partial charge in [0.1, 0.15) is 5.76 Å². The summed E-state index contributed by atoms with van der Waals surface area (Å²) in [5, 5.41) is 13.3. The van der Waals surface area contributed by atoms with Crippen LogP contribution < -0.4 is 0 Å². The molecule has 1 saturated heterocycles. The molecule has 0 aliphatic carbocycles. The van der Waals surface area contributed by atoms with Gasteiger partial charge in [-0.25, -0.2) is 0 Å². The number of likely N-dealkylation sites (N-methyl/N-ethyl adjacent to an activating group) is 1. The molecule has 1 N–H and O–H groups in total. The molecular weight excluding hydrogens is 424 g/mol. The zero-order valence-corrected chi connectivity index (χ0v) is 20.5. The van der Waals surface area contributed by atoms with Crippen LogP contribution in [0.25, 0.3) is 16.5 Å².